The van der Waals surface area contributed by atoms with Gasteiger partial charge in [-0.05, 0) is 0 Å². The van der Waals surface area contributed by atoms with Crippen LogP contribution in [0.4, 0.5) is 0 Å². The topological polar surface area (TPSA) is 25.8 Å². The van der Waals surface area contributed by atoms with Crippen LogP contribution in [0.25, 0.3) is 11.3 Å². The Bertz CT molecular complexity index is 401. The molecule has 0 aliphatic rings. The van der Waals surface area contributed by atoms with E-state index in [0.717, 1.165) is 11.3 Å². The van der Waals surface area contributed by atoms with Crippen molar-refractivity contribution in [1.29, 1.82) is 0 Å². The fourth-order valence-corrected chi connectivity index (χ4v) is 1.34. The molecule has 2 nitrogen and oxygen atoms in total. The smallest absolute Gasteiger partial charge is 0.116 e. The van der Waals surface area contributed by atoms with E-state index in [4.69, 9.17) is 11.6 Å². The highest BCUT2D eigenvalue weighted by molar-refractivity contribution is 6.32. The number of hydrogen-bond donors (Lipinski definition) is 0. The first-order valence-electron chi connectivity index (χ1n) is 3.89. The lowest BCUT2D eigenvalue weighted by molar-refractivity contribution is 1.17. The van der Waals surface area contributed by atoms with Gasteiger partial charge in [0.15, 0.2) is 0 Å². The van der Waals surface area contributed by atoms with Crippen LogP contribution in [-0.4, -0.2) is 9.97 Å². The van der Waals surface area contributed by atoms with Gasteiger partial charge in [0.1, 0.15) is 6.33 Å². The third-order valence-corrected chi connectivity index (χ3v) is 1.99. The van der Waals surface area contributed by atoms with Gasteiger partial charge in [0, 0.05) is 11.8 Å². The molecule has 0 aliphatic heterocycles. The summed E-state index contributed by atoms with van der Waals surface area (Å²) in [6.07, 6.45) is 3.09. The molecule has 0 bridgehead atoms. The summed E-state index contributed by atoms with van der Waals surface area (Å²) in [7, 11) is 0. The van der Waals surface area contributed by atoms with Crippen molar-refractivity contribution in [3.8, 4) is 11.3 Å². The van der Waals surface area contributed by atoms with Gasteiger partial charge in [-0.1, -0.05) is 41.9 Å². The Morgan fingerprint density at radius 1 is 1.08 bits per heavy atom. The van der Waals surface area contributed by atoms with Crippen LogP contribution < -0.4 is 0 Å². The molecule has 1 aromatic carbocycles. The number of aromatic nitrogens is 2. The van der Waals surface area contributed by atoms with Gasteiger partial charge >= 0.3 is 0 Å². The van der Waals surface area contributed by atoms with Crippen LogP contribution in [-0.2, 0) is 0 Å². The van der Waals surface area contributed by atoms with Crippen LogP contribution in [0.1, 0.15) is 0 Å². The molecule has 0 atom stereocenters. The number of rotatable bonds is 1. The zero-order valence-corrected chi connectivity index (χ0v) is 7.57. The van der Waals surface area contributed by atoms with Gasteiger partial charge in [-0.15, -0.1) is 0 Å². The van der Waals surface area contributed by atoms with E-state index in [9.17, 15) is 0 Å². The van der Waals surface area contributed by atoms with Gasteiger partial charge in [-0.25, -0.2) is 9.97 Å². The van der Waals surface area contributed by atoms with E-state index in [-0.39, 0.29) is 0 Å². The van der Waals surface area contributed by atoms with E-state index in [0.29, 0.717) is 5.02 Å². The molecule has 0 radical (unpaired) electrons. The van der Waals surface area contributed by atoms with Gasteiger partial charge in [0.05, 0.1) is 10.7 Å². The zero-order valence-electron chi connectivity index (χ0n) is 6.81. The molecule has 0 spiro atoms. The number of benzene rings is 1. The highest BCUT2D eigenvalue weighted by atomic mass is 35.5. The van der Waals surface area contributed by atoms with Crippen LogP contribution in [0.2, 0.25) is 5.02 Å². The maximum atomic E-state index is 5.93. The van der Waals surface area contributed by atoms with Gasteiger partial charge in [-0.3, -0.25) is 0 Å². The van der Waals surface area contributed by atoms with Crippen molar-refractivity contribution in [3.63, 3.8) is 0 Å². The molecular weight excluding hydrogens is 184 g/mol. The summed E-state index contributed by atoms with van der Waals surface area (Å²) in [5, 5.41) is 0.578. The van der Waals surface area contributed by atoms with Crippen LogP contribution in [0.5, 0.6) is 0 Å². The van der Waals surface area contributed by atoms with Crippen molar-refractivity contribution >= 4 is 11.6 Å². The van der Waals surface area contributed by atoms with Crippen LogP contribution in [0, 0.1) is 0 Å². The minimum Gasteiger partial charge on any atom is -0.243 e. The Hall–Kier alpha value is -1.41. The van der Waals surface area contributed by atoms with Gasteiger partial charge < -0.3 is 0 Å². The highest BCUT2D eigenvalue weighted by Gasteiger charge is 2.02. The van der Waals surface area contributed by atoms with Crippen molar-refractivity contribution < 1.29 is 0 Å². The fraction of sp³-hybridized carbons (Fsp3) is 0. The number of hydrogen-bond acceptors (Lipinski definition) is 2. The third kappa shape index (κ3) is 1.68. The van der Waals surface area contributed by atoms with Crippen molar-refractivity contribution in [2.45, 2.75) is 0 Å². The second-order valence-electron chi connectivity index (χ2n) is 2.59. The quantitative estimate of drug-likeness (QED) is 0.691. The van der Waals surface area contributed by atoms with Crippen LogP contribution >= 0.6 is 11.6 Å². The van der Waals surface area contributed by atoms with Crippen molar-refractivity contribution in [2.75, 3.05) is 0 Å². The lowest BCUT2D eigenvalue weighted by Gasteiger charge is -2.00. The average Bonchev–Trinajstić information content (AvgIpc) is 2.20. The molecule has 0 N–H and O–H groups in total. The van der Waals surface area contributed by atoms with E-state index in [2.05, 4.69) is 9.97 Å². The Balaban J connectivity index is 2.54. The molecule has 2 aromatic rings. The SMILES string of the molecule is Clc1cncnc1-c1ccccc1. The number of nitrogens with zero attached hydrogens (tertiary/aromatic N) is 2. The van der Waals surface area contributed by atoms with Crippen molar-refractivity contribution in [1.82, 2.24) is 9.97 Å². The summed E-state index contributed by atoms with van der Waals surface area (Å²) < 4.78 is 0. The Kier molecular flexibility index (Phi) is 2.23. The Morgan fingerprint density at radius 2 is 1.85 bits per heavy atom. The molecule has 3 heteroatoms. The van der Waals surface area contributed by atoms with Gasteiger partial charge in [-0.2, -0.15) is 0 Å². The second-order valence-corrected chi connectivity index (χ2v) is 2.99. The Morgan fingerprint density at radius 3 is 2.54 bits per heavy atom. The Labute approximate surface area is 81.2 Å². The minimum atomic E-state index is 0.578. The van der Waals surface area contributed by atoms with E-state index in [1.54, 1.807) is 6.20 Å². The van der Waals surface area contributed by atoms with E-state index >= 15 is 0 Å². The standard InChI is InChI=1S/C10H7ClN2/c11-9-6-12-7-13-10(9)8-4-2-1-3-5-8/h1-7H. The summed E-state index contributed by atoms with van der Waals surface area (Å²) >= 11 is 5.93. The molecule has 2 rings (SSSR count). The molecular formula is C10H7ClN2. The summed E-state index contributed by atoms with van der Waals surface area (Å²) in [5.74, 6) is 0. The predicted molar refractivity (Wildman–Crippen MR) is 52.5 cm³/mol. The van der Waals surface area contributed by atoms with Crippen molar-refractivity contribution in [3.05, 3.63) is 47.9 Å². The molecule has 64 valence electrons. The molecule has 0 saturated carbocycles. The zero-order chi connectivity index (χ0) is 9.10. The minimum absolute atomic E-state index is 0.578. The first-order chi connectivity index (χ1) is 6.38. The average molecular weight is 191 g/mol. The van der Waals surface area contributed by atoms with E-state index in [1.807, 2.05) is 30.3 Å². The maximum absolute atomic E-state index is 5.93. The molecule has 1 aromatic heterocycles. The molecule has 0 fully saturated rings. The highest BCUT2D eigenvalue weighted by Crippen LogP contribution is 2.23. The van der Waals surface area contributed by atoms with E-state index in [1.165, 1.54) is 6.33 Å². The maximum Gasteiger partial charge on any atom is 0.116 e. The summed E-state index contributed by atoms with van der Waals surface area (Å²) in [5.41, 5.74) is 1.78. The third-order valence-electron chi connectivity index (χ3n) is 1.71. The number of halogens is 1. The molecule has 1 heterocycles. The predicted octanol–water partition coefficient (Wildman–Crippen LogP) is 2.80. The largest absolute Gasteiger partial charge is 0.243 e. The van der Waals surface area contributed by atoms with Crippen LogP contribution in [0.15, 0.2) is 42.9 Å². The summed E-state index contributed by atoms with van der Waals surface area (Å²) in [4.78, 5) is 7.93. The van der Waals surface area contributed by atoms with E-state index < -0.39 is 0 Å². The molecule has 0 unspecified atom stereocenters. The first kappa shape index (κ1) is 8.20. The first-order valence-corrected chi connectivity index (χ1v) is 4.26. The van der Waals surface area contributed by atoms with Crippen molar-refractivity contribution in [2.24, 2.45) is 0 Å². The normalized spacial score (nSPS) is 9.92. The lowest BCUT2D eigenvalue weighted by atomic mass is 10.1. The molecule has 0 aliphatic carbocycles. The second kappa shape index (κ2) is 3.54. The molecule has 0 saturated heterocycles. The molecule has 0 amide bonds. The monoisotopic (exact) mass is 190 g/mol. The lowest BCUT2D eigenvalue weighted by Crippen LogP contribution is -1.85. The summed E-state index contributed by atoms with van der Waals surface area (Å²) in [6.45, 7) is 0. The summed E-state index contributed by atoms with van der Waals surface area (Å²) in [6, 6.07) is 9.79. The molecule has 13 heavy (non-hydrogen) atoms. The van der Waals surface area contributed by atoms with Gasteiger partial charge in [0.2, 0.25) is 0 Å². The van der Waals surface area contributed by atoms with Gasteiger partial charge in [0.25, 0.3) is 0 Å². The fourth-order valence-electron chi connectivity index (χ4n) is 1.12. The van der Waals surface area contributed by atoms with Crippen LogP contribution in [0.3, 0.4) is 0 Å².